The molecule has 126 valence electrons. The lowest BCUT2D eigenvalue weighted by molar-refractivity contribution is -0.121. The number of thiazole rings is 1. The Labute approximate surface area is 152 Å². The second-order valence-electron chi connectivity index (χ2n) is 5.33. The number of benzene rings is 1. The first-order valence-corrected chi connectivity index (χ1v) is 8.15. The highest BCUT2D eigenvalue weighted by Gasteiger charge is 2.17. The summed E-state index contributed by atoms with van der Waals surface area (Å²) in [5, 5.41) is 9.35. The predicted molar refractivity (Wildman–Crippen MR) is 99.0 cm³/mol. The van der Waals surface area contributed by atoms with Crippen LogP contribution in [0.15, 0.2) is 35.7 Å². The molecule has 0 radical (unpaired) electrons. The first-order valence-electron chi connectivity index (χ1n) is 7.27. The maximum absolute atomic E-state index is 12.0. The minimum atomic E-state index is 0. The summed E-state index contributed by atoms with van der Waals surface area (Å²) in [6.45, 7) is 1.87. The highest BCUT2D eigenvalue weighted by atomic mass is 35.5. The molecule has 0 aliphatic carbocycles. The van der Waals surface area contributed by atoms with E-state index in [2.05, 4.69) is 27.8 Å². The van der Waals surface area contributed by atoms with Crippen LogP contribution in [-0.4, -0.2) is 30.0 Å². The van der Waals surface area contributed by atoms with Crippen LogP contribution in [0.3, 0.4) is 0 Å². The Morgan fingerprint density at radius 3 is 2.78 bits per heavy atom. The zero-order valence-electron chi connectivity index (χ0n) is 12.7. The highest BCUT2D eigenvalue weighted by Crippen LogP contribution is 2.15. The number of nitrogens with one attached hydrogen (secondary N) is 2. The van der Waals surface area contributed by atoms with Crippen LogP contribution in [0.2, 0.25) is 0 Å². The van der Waals surface area contributed by atoms with E-state index in [1.807, 2.05) is 23.6 Å². The van der Waals surface area contributed by atoms with Crippen LogP contribution in [-0.2, 0) is 17.6 Å². The average molecular weight is 374 g/mol. The van der Waals surface area contributed by atoms with Gasteiger partial charge >= 0.3 is 0 Å². The molecule has 0 spiro atoms. The maximum atomic E-state index is 12.0. The smallest absolute Gasteiger partial charge is 0.226 e. The number of rotatable bonds is 5. The predicted octanol–water partition coefficient (Wildman–Crippen LogP) is 2.60. The summed E-state index contributed by atoms with van der Waals surface area (Å²) in [6, 6.07) is 10.6. The van der Waals surface area contributed by atoms with E-state index in [1.165, 1.54) is 5.56 Å². The van der Waals surface area contributed by atoms with E-state index in [9.17, 15) is 4.79 Å². The number of carbonyl (C=O) groups excluding carboxylic acids is 1. The summed E-state index contributed by atoms with van der Waals surface area (Å²) in [6.07, 6.45) is 2.23. The van der Waals surface area contributed by atoms with Gasteiger partial charge in [0.1, 0.15) is 0 Å². The number of carbonyl (C=O) groups is 1. The van der Waals surface area contributed by atoms with Gasteiger partial charge in [-0.15, -0.1) is 36.2 Å². The molecule has 2 N–H and O–H groups in total. The van der Waals surface area contributed by atoms with Crippen LogP contribution < -0.4 is 10.6 Å². The van der Waals surface area contributed by atoms with Gasteiger partial charge in [0.05, 0.1) is 17.1 Å². The molecule has 4 nitrogen and oxygen atoms in total. The second kappa shape index (κ2) is 9.88. The van der Waals surface area contributed by atoms with Crippen molar-refractivity contribution < 1.29 is 4.79 Å². The molecule has 1 saturated heterocycles. The fourth-order valence-electron chi connectivity index (χ4n) is 2.50. The molecule has 0 bridgehead atoms. The third kappa shape index (κ3) is 6.11. The Bertz CT molecular complexity index is 600. The number of hydrogen-bond acceptors (Lipinski definition) is 4. The van der Waals surface area contributed by atoms with Gasteiger partial charge in [-0.1, -0.05) is 30.3 Å². The summed E-state index contributed by atoms with van der Waals surface area (Å²) in [4.78, 5) is 16.5. The third-order valence-corrected chi connectivity index (χ3v) is 4.46. The number of halogens is 2. The number of hydrogen-bond donors (Lipinski definition) is 2. The molecular weight excluding hydrogens is 353 g/mol. The number of aromatic nitrogens is 1. The first-order chi connectivity index (χ1) is 10.3. The molecule has 1 atom stereocenters. The van der Waals surface area contributed by atoms with Crippen molar-refractivity contribution >= 4 is 42.1 Å². The van der Waals surface area contributed by atoms with Crippen molar-refractivity contribution in [2.45, 2.75) is 25.3 Å². The Morgan fingerprint density at radius 1 is 1.30 bits per heavy atom. The van der Waals surface area contributed by atoms with Crippen molar-refractivity contribution in [2.75, 3.05) is 13.1 Å². The summed E-state index contributed by atoms with van der Waals surface area (Å²) < 4.78 is 0. The number of amides is 1. The molecule has 1 aromatic heterocycles. The van der Waals surface area contributed by atoms with Gasteiger partial charge in [0.15, 0.2) is 0 Å². The van der Waals surface area contributed by atoms with Gasteiger partial charge in [-0.25, -0.2) is 4.98 Å². The maximum Gasteiger partial charge on any atom is 0.226 e. The van der Waals surface area contributed by atoms with Gasteiger partial charge in [-0.05, 0) is 18.5 Å². The molecule has 23 heavy (non-hydrogen) atoms. The van der Waals surface area contributed by atoms with Crippen molar-refractivity contribution in [3.8, 4) is 0 Å². The standard InChI is InChI=1S/C16H19N3OS.2ClH/c20-15(18-13-6-7-17-10-13)9-14-11-21-16(19-14)8-12-4-2-1-3-5-12;;/h1-5,11,13,17H,6-10H2,(H,18,20);2*1H. The molecule has 7 heteroatoms. The lowest BCUT2D eigenvalue weighted by atomic mass is 10.2. The fourth-order valence-corrected chi connectivity index (χ4v) is 3.33. The SMILES string of the molecule is Cl.Cl.O=C(Cc1csc(Cc2ccccc2)n1)NC1CCNC1. The highest BCUT2D eigenvalue weighted by molar-refractivity contribution is 7.09. The molecule has 3 rings (SSSR count). The second-order valence-corrected chi connectivity index (χ2v) is 6.27. The molecule has 0 saturated carbocycles. The van der Waals surface area contributed by atoms with Crippen molar-refractivity contribution in [3.63, 3.8) is 0 Å². The van der Waals surface area contributed by atoms with Crippen LogP contribution in [0.5, 0.6) is 0 Å². The minimum absolute atomic E-state index is 0. The number of nitrogens with zero attached hydrogens (tertiary/aromatic N) is 1. The third-order valence-electron chi connectivity index (χ3n) is 3.56. The molecule has 1 aromatic carbocycles. The summed E-state index contributed by atoms with van der Waals surface area (Å²) in [5.41, 5.74) is 2.12. The monoisotopic (exact) mass is 373 g/mol. The Hall–Kier alpha value is -1.14. The lowest BCUT2D eigenvalue weighted by Crippen LogP contribution is -2.37. The molecule has 1 unspecified atom stereocenters. The minimum Gasteiger partial charge on any atom is -0.352 e. The Balaban J connectivity index is 0.00000132. The largest absolute Gasteiger partial charge is 0.352 e. The molecular formula is C16H21Cl2N3OS. The van der Waals surface area contributed by atoms with Gasteiger partial charge in [0.2, 0.25) is 5.91 Å². The Morgan fingerprint density at radius 2 is 2.09 bits per heavy atom. The van der Waals surface area contributed by atoms with E-state index < -0.39 is 0 Å². The van der Waals surface area contributed by atoms with Crippen LogP contribution >= 0.6 is 36.2 Å². The van der Waals surface area contributed by atoms with E-state index in [4.69, 9.17) is 0 Å². The van der Waals surface area contributed by atoms with Crippen LogP contribution in [0.4, 0.5) is 0 Å². The zero-order valence-corrected chi connectivity index (χ0v) is 15.1. The summed E-state index contributed by atoms with van der Waals surface area (Å²) in [5.74, 6) is 0.0697. The van der Waals surface area contributed by atoms with Gasteiger partial charge in [-0.2, -0.15) is 0 Å². The fraction of sp³-hybridized carbons (Fsp3) is 0.375. The van der Waals surface area contributed by atoms with Gasteiger partial charge in [0, 0.05) is 24.4 Å². The molecule has 1 amide bonds. The van der Waals surface area contributed by atoms with E-state index >= 15 is 0 Å². The molecule has 2 heterocycles. The first kappa shape index (κ1) is 19.9. The summed E-state index contributed by atoms with van der Waals surface area (Å²) in [7, 11) is 0. The van der Waals surface area contributed by atoms with E-state index in [-0.39, 0.29) is 36.8 Å². The van der Waals surface area contributed by atoms with Gasteiger partial charge in [0.25, 0.3) is 0 Å². The lowest BCUT2D eigenvalue weighted by Gasteiger charge is -2.10. The van der Waals surface area contributed by atoms with Crippen LogP contribution in [0.25, 0.3) is 0 Å². The summed E-state index contributed by atoms with van der Waals surface area (Å²) >= 11 is 1.63. The Kier molecular flexibility index (Phi) is 8.55. The molecule has 2 aromatic rings. The van der Waals surface area contributed by atoms with Crippen molar-refractivity contribution in [2.24, 2.45) is 0 Å². The topological polar surface area (TPSA) is 54.0 Å². The van der Waals surface area contributed by atoms with Crippen LogP contribution in [0, 0.1) is 0 Å². The van der Waals surface area contributed by atoms with Crippen molar-refractivity contribution in [1.82, 2.24) is 15.6 Å². The van der Waals surface area contributed by atoms with E-state index in [0.29, 0.717) is 6.42 Å². The average Bonchev–Trinajstić information content (AvgIpc) is 3.12. The van der Waals surface area contributed by atoms with Gasteiger partial charge in [-0.3, -0.25) is 4.79 Å². The van der Waals surface area contributed by atoms with Crippen LogP contribution in [0.1, 0.15) is 22.7 Å². The quantitative estimate of drug-likeness (QED) is 0.846. The molecule has 1 aliphatic rings. The van der Waals surface area contributed by atoms with E-state index in [0.717, 1.165) is 36.6 Å². The van der Waals surface area contributed by atoms with Crippen molar-refractivity contribution in [3.05, 3.63) is 52.0 Å². The normalized spacial score (nSPS) is 16.3. The molecule has 1 fully saturated rings. The van der Waals surface area contributed by atoms with Crippen molar-refractivity contribution in [1.29, 1.82) is 0 Å². The molecule has 1 aliphatic heterocycles. The van der Waals surface area contributed by atoms with E-state index in [1.54, 1.807) is 11.3 Å². The van der Waals surface area contributed by atoms with Gasteiger partial charge < -0.3 is 10.6 Å². The zero-order chi connectivity index (χ0) is 14.5.